The molecule has 0 saturated carbocycles. The Bertz CT molecular complexity index is 244. The predicted molar refractivity (Wildman–Crippen MR) is 65.5 cm³/mol. The highest BCUT2D eigenvalue weighted by molar-refractivity contribution is 9.10. The molecule has 1 aromatic heterocycles. The van der Waals surface area contributed by atoms with Gasteiger partial charge in [0.05, 0.1) is 10.7 Å². The Hall–Kier alpha value is 0.840. The van der Waals surface area contributed by atoms with Gasteiger partial charge in [-0.1, -0.05) is 11.6 Å². The topological polar surface area (TPSA) is 38.9 Å². The van der Waals surface area contributed by atoms with Crippen LogP contribution in [0, 0.1) is 0 Å². The molecule has 0 spiro atoms. The largest absolute Gasteiger partial charge is 0.325 e. The predicted octanol–water partition coefficient (Wildman–Crippen LogP) is 3.11. The van der Waals surface area contributed by atoms with Crippen LogP contribution in [-0.4, -0.2) is 4.98 Å². The van der Waals surface area contributed by atoms with Gasteiger partial charge >= 0.3 is 0 Å². The van der Waals surface area contributed by atoms with E-state index in [1.54, 1.807) is 6.20 Å². The third kappa shape index (κ3) is 4.18. The minimum atomic E-state index is 0. The minimum Gasteiger partial charge on any atom is -0.325 e. The molecule has 0 aliphatic carbocycles. The number of rotatable bonds is 1. The molecular formula is C6H8Br3ClN2. The molecule has 0 aliphatic heterocycles. The zero-order valence-electron chi connectivity index (χ0n) is 5.96. The highest BCUT2D eigenvalue weighted by Gasteiger charge is 1.97. The fraction of sp³-hybridized carbons (Fsp3) is 0.167. The van der Waals surface area contributed by atoms with Crippen LogP contribution in [0.1, 0.15) is 5.69 Å². The molecule has 0 aromatic carbocycles. The Balaban J connectivity index is 0. The monoisotopic (exact) mass is 380 g/mol. The molecule has 1 aromatic rings. The highest BCUT2D eigenvalue weighted by Crippen LogP contribution is 2.20. The molecule has 0 unspecified atom stereocenters. The Kier molecular flexibility index (Phi) is 9.27. The molecule has 70 valence electrons. The highest BCUT2D eigenvalue weighted by atomic mass is 79.9. The lowest BCUT2D eigenvalue weighted by Gasteiger charge is -1.97. The average molecular weight is 383 g/mol. The summed E-state index contributed by atoms with van der Waals surface area (Å²) < 4.78 is 0.838. The van der Waals surface area contributed by atoms with Crippen LogP contribution in [0.25, 0.3) is 0 Å². The second-order valence-electron chi connectivity index (χ2n) is 1.79. The number of nitrogens with two attached hydrogens (primary N) is 1. The number of halogens is 4. The number of aromatic nitrogens is 1. The molecule has 0 saturated heterocycles. The van der Waals surface area contributed by atoms with Gasteiger partial charge in [0.2, 0.25) is 0 Å². The summed E-state index contributed by atoms with van der Waals surface area (Å²) in [5.41, 5.74) is 6.17. The van der Waals surface area contributed by atoms with Crippen molar-refractivity contribution in [2.45, 2.75) is 6.54 Å². The van der Waals surface area contributed by atoms with Crippen LogP contribution in [0.3, 0.4) is 0 Å². The van der Waals surface area contributed by atoms with Crippen molar-refractivity contribution in [1.29, 1.82) is 0 Å². The fourth-order valence-corrected chi connectivity index (χ4v) is 1.04. The van der Waals surface area contributed by atoms with E-state index in [0.29, 0.717) is 11.6 Å². The molecule has 1 rings (SSSR count). The number of hydrogen-bond donors (Lipinski definition) is 1. The van der Waals surface area contributed by atoms with Gasteiger partial charge in [-0.2, -0.15) is 0 Å². The molecule has 0 aliphatic rings. The molecule has 2 nitrogen and oxygen atoms in total. The lowest BCUT2D eigenvalue weighted by molar-refractivity contribution is 0.988. The van der Waals surface area contributed by atoms with Crippen molar-refractivity contribution in [3.63, 3.8) is 0 Å². The van der Waals surface area contributed by atoms with Crippen LogP contribution < -0.4 is 5.73 Å². The maximum atomic E-state index is 5.69. The molecule has 0 bridgehead atoms. The Morgan fingerprint density at radius 2 is 2.08 bits per heavy atom. The second kappa shape index (κ2) is 7.26. The van der Waals surface area contributed by atoms with E-state index in [1.165, 1.54) is 0 Å². The Morgan fingerprint density at radius 3 is 2.50 bits per heavy atom. The first kappa shape index (κ1) is 15.3. The lowest BCUT2D eigenvalue weighted by atomic mass is 10.3. The van der Waals surface area contributed by atoms with Crippen molar-refractivity contribution in [2.75, 3.05) is 0 Å². The smallest absolute Gasteiger partial charge is 0.0731 e. The van der Waals surface area contributed by atoms with E-state index < -0.39 is 0 Å². The van der Waals surface area contributed by atoms with Gasteiger partial charge < -0.3 is 5.73 Å². The van der Waals surface area contributed by atoms with Crippen molar-refractivity contribution in [1.82, 2.24) is 4.98 Å². The maximum Gasteiger partial charge on any atom is 0.0731 e. The molecule has 0 fully saturated rings. The summed E-state index contributed by atoms with van der Waals surface area (Å²) >= 11 is 8.95. The van der Waals surface area contributed by atoms with Crippen molar-refractivity contribution in [3.05, 3.63) is 27.5 Å². The van der Waals surface area contributed by atoms with Crippen molar-refractivity contribution >= 4 is 61.5 Å². The summed E-state index contributed by atoms with van der Waals surface area (Å²) in [5.74, 6) is 0. The lowest BCUT2D eigenvalue weighted by Crippen LogP contribution is -1.98. The molecule has 0 amide bonds. The van der Waals surface area contributed by atoms with Crippen LogP contribution in [0.4, 0.5) is 0 Å². The molecule has 2 N–H and O–H groups in total. The summed E-state index contributed by atoms with van der Waals surface area (Å²) in [6.07, 6.45) is 1.58. The Labute approximate surface area is 106 Å². The van der Waals surface area contributed by atoms with E-state index in [9.17, 15) is 0 Å². The SMILES string of the molecule is Br.Br.NCc1cc(Br)c(Cl)cn1. The third-order valence-corrected chi connectivity index (χ3v) is 2.26. The van der Waals surface area contributed by atoms with Crippen molar-refractivity contribution in [2.24, 2.45) is 5.73 Å². The van der Waals surface area contributed by atoms with Crippen LogP contribution >= 0.6 is 61.5 Å². The van der Waals surface area contributed by atoms with E-state index in [1.807, 2.05) is 6.07 Å². The molecule has 0 atom stereocenters. The van der Waals surface area contributed by atoms with E-state index in [2.05, 4.69) is 20.9 Å². The number of pyridine rings is 1. The van der Waals surface area contributed by atoms with Gasteiger partial charge in [0.1, 0.15) is 0 Å². The molecule has 1 heterocycles. The molecule has 12 heavy (non-hydrogen) atoms. The normalized spacial score (nSPS) is 8.25. The summed E-state index contributed by atoms with van der Waals surface area (Å²) in [5, 5.41) is 0.609. The summed E-state index contributed by atoms with van der Waals surface area (Å²) in [6.45, 7) is 0.440. The van der Waals surface area contributed by atoms with Gasteiger partial charge in [0.15, 0.2) is 0 Å². The second-order valence-corrected chi connectivity index (χ2v) is 3.06. The number of hydrogen-bond acceptors (Lipinski definition) is 2. The summed E-state index contributed by atoms with van der Waals surface area (Å²) in [4.78, 5) is 3.97. The van der Waals surface area contributed by atoms with Crippen molar-refractivity contribution in [3.8, 4) is 0 Å². The standard InChI is InChI=1S/C6H6BrClN2.2BrH/c7-5-1-4(2-9)10-3-6(5)8;;/h1,3H,2,9H2;2*1H. The van der Waals surface area contributed by atoms with Gasteiger partial charge in [0, 0.05) is 17.2 Å². The Morgan fingerprint density at radius 1 is 1.50 bits per heavy atom. The first-order chi connectivity index (χ1) is 4.74. The van der Waals surface area contributed by atoms with Gasteiger partial charge in [-0.3, -0.25) is 4.98 Å². The summed E-state index contributed by atoms with van der Waals surface area (Å²) in [6, 6.07) is 1.81. The quantitative estimate of drug-likeness (QED) is 0.810. The van der Waals surface area contributed by atoms with E-state index in [4.69, 9.17) is 17.3 Å². The van der Waals surface area contributed by atoms with Gasteiger partial charge in [-0.15, -0.1) is 34.0 Å². The summed E-state index contributed by atoms with van der Waals surface area (Å²) in [7, 11) is 0. The molecule has 0 radical (unpaired) electrons. The van der Waals surface area contributed by atoms with Gasteiger partial charge in [0.25, 0.3) is 0 Å². The van der Waals surface area contributed by atoms with Gasteiger partial charge in [-0.25, -0.2) is 0 Å². The molecular weight excluding hydrogens is 375 g/mol. The van der Waals surface area contributed by atoms with Crippen LogP contribution in [0.5, 0.6) is 0 Å². The van der Waals surface area contributed by atoms with E-state index in [0.717, 1.165) is 10.2 Å². The third-order valence-electron chi connectivity index (χ3n) is 1.07. The average Bonchev–Trinajstić information content (AvgIpc) is 1.95. The van der Waals surface area contributed by atoms with E-state index >= 15 is 0 Å². The van der Waals surface area contributed by atoms with E-state index in [-0.39, 0.29) is 34.0 Å². The first-order valence-electron chi connectivity index (χ1n) is 2.74. The fourth-order valence-electron chi connectivity index (χ4n) is 0.565. The first-order valence-corrected chi connectivity index (χ1v) is 3.91. The zero-order valence-corrected chi connectivity index (χ0v) is 11.7. The zero-order chi connectivity index (χ0) is 7.56. The number of nitrogens with zero attached hydrogens (tertiary/aromatic N) is 1. The van der Waals surface area contributed by atoms with Crippen LogP contribution in [0.15, 0.2) is 16.7 Å². The van der Waals surface area contributed by atoms with Gasteiger partial charge in [-0.05, 0) is 22.0 Å². The molecule has 6 heteroatoms. The minimum absolute atomic E-state index is 0. The van der Waals surface area contributed by atoms with Crippen LogP contribution in [0.2, 0.25) is 5.02 Å². The maximum absolute atomic E-state index is 5.69. The van der Waals surface area contributed by atoms with Crippen molar-refractivity contribution < 1.29 is 0 Å². The van der Waals surface area contributed by atoms with Crippen LogP contribution in [-0.2, 0) is 6.54 Å².